The van der Waals surface area contributed by atoms with Gasteiger partial charge in [0.05, 0.1) is 31.8 Å². The molecule has 0 fully saturated rings. The van der Waals surface area contributed by atoms with Crippen LogP contribution in [0.4, 0.5) is 5.69 Å². The van der Waals surface area contributed by atoms with E-state index in [4.69, 9.17) is 5.73 Å². The largest absolute Gasteiger partial charge is 0.365 e. The zero-order valence-electron chi connectivity index (χ0n) is 15.0. The van der Waals surface area contributed by atoms with E-state index >= 15 is 0 Å². The highest BCUT2D eigenvalue weighted by Crippen LogP contribution is 2.26. The lowest BCUT2D eigenvalue weighted by Gasteiger charge is -2.07. The SMILES string of the molecule is Cc1nc2ccc(NC(=O)Cn3cnc4sc(C(N)=O)c(C)c4c3=O)cc2s1. The first-order chi connectivity index (χ1) is 13.3. The van der Waals surface area contributed by atoms with Crippen LogP contribution in [0.5, 0.6) is 0 Å². The van der Waals surface area contributed by atoms with Crippen LogP contribution in [-0.4, -0.2) is 26.3 Å². The third-order valence-electron chi connectivity index (χ3n) is 4.23. The Morgan fingerprint density at radius 2 is 2.04 bits per heavy atom. The minimum absolute atomic E-state index is 0.192. The fraction of sp³-hybridized carbons (Fsp3) is 0.167. The number of thiazole rings is 1. The molecule has 1 aromatic carbocycles. The molecule has 2 amide bonds. The highest BCUT2D eigenvalue weighted by Gasteiger charge is 2.18. The second kappa shape index (κ2) is 6.80. The molecule has 4 rings (SSSR count). The lowest BCUT2D eigenvalue weighted by molar-refractivity contribution is -0.116. The van der Waals surface area contributed by atoms with Crippen LogP contribution in [0.25, 0.3) is 20.4 Å². The zero-order valence-corrected chi connectivity index (χ0v) is 16.6. The standard InChI is InChI=1S/C18H15N5O3S2/c1-8-14-17(28-15(8)16(19)25)20-7-23(18(14)26)6-13(24)22-10-3-4-11-12(5-10)27-9(2)21-11/h3-5,7H,6H2,1-2H3,(H2,19,25)(H,22,24). The Morgan fingerprint density at radius 1 is 1.25 bits per heavy atom. The summed E-state index contributed by atoms with van der Waals surface area (Å²) in [5.41, 5.74) is 6.96. The summed E-state index contributed by atoms with van der Waals surface area (Å²) in [4.78, 5) is 46.0. The number of aromatic nitrogens is 3. The average molecular weight is 413 g/mol. The fourth-order valence-corrected chi connectivity index (χ4v) is 4.84. The third kappa shape index (κ3) is 3.16. The normalized spacial score (nSPS) is 11.2. The van der Waals surface area contributed by atoms with Crippen molar-refractivity contribution in [2.45, 2.75) is 20.4 Å². The molecule has 8 nitrogen and oxygen atoms in total. The maximum atomic E-state index is 12.7. The van der Waals surface area contributed by atoms with Gasteiger partial charge in [-0.2, -0.15) is 0 Å². The highest BCUT2D eigenvalue weighted by atomic mass is 32.1. The predicted octanol–water partition coefficient (Wildman–Crippen LogP) is 2.42. The van der Waals surface area contributed by atoms with Crippen LogP contribution in [0.2, 0.25) is 0 Å². The van der Waals surface area contributed by atoms with E-state index in [1.807, 2.05) is 19.1 Å². The topological polar surface area (TPSA) is 120 Å². The molecule has 4 aromatic rings. The van der Waals surface area contributed by atoms with Crippen molar-refractivity contribution < 1.29 is 9.59 Å². The van der Waals surface area contributed by atoms with Crippen LogP contribution in [0.1, 0.15) is 20.2 Å². The fourth-order valence-electron chi connectivity index (χ4n) is 2.98. The zero-order chi connectivity index (χ0) is 20.0. The predicted molar refractivity (Wildman–Crippen MR) is 110 cm³/mol. The summed E-state index contributed by atoms with van der Waals surface area (Å²) in [6, 6.07) is 5.46. The summed E-state index contributed by atoms with van der Waals surface area (Å²) in [6.45, 7) is 3.38. The van der Waals surface area contributed by atoms with Crippen molar-refractivity contribution in [1.29, 1.82) is 0 Å². The molecular formula is C18H15N5O3S2. The van der Waals surface area contributed by atoms with Gasteiger partial charge in [-0.25, -0.2) is 9.97 Å². The second-order valence-electron chi connectivity index (χ2n) is 6.24. The number of carbonyl (C=O) groups is 2. The number of benzene rings is 1. The molecule has 0 aliphatic carbocycles. The summed E-state index contributed by atoms with van der Waals surface area (Å²) in [5.74, 6) is -0.954. The first kappa shape index (κ1) is 18.3. The van der Waals surface area contributed by atoms with Crippen molar-refractivity contribution in [1.82, 2.24) is 14.5 Å². The molecular weight excluding hydrogens is 398 g/mol. The number of fused-ring (bicyclic) bond motifs is 2. The molecule has 10 heteroatoms. The van der Waals surface area contributed by atoms with E-state index in [0.717, 1.165) is 26.6 Å². The smallest absolute Gasteiger partial charge is 0.262 e. The lowest BCUT2D eigenvalue weighted by Crippen LogP contribution is -2.28. The summed E-state index contributed by atoms with van der Waals surface area (Å²) in [6.07, 6.45) is 1.31. The Kier molecular flexibility index (Phi) is 4.44. The number of hydrogen-bond donors (Lipinski definition) is 2. The van der Waals surface area contributed by atoms with Gasteiger partial charge in [-0.15, -0.1) is 22.7 Å². The van der Waals surface area contributed by atoms with E-state index in [-0.39, 0.29) is 18.0 Å². The van der Waals surface area contributed by atoms with E-state index < -0.39 is 5.91 Å². The molecule has 0 spiro atoms. The van der Waals surface area contributed by atoms with Gasteiger partial charge in [0.1, 0.15) is 11.4 Å². The van der Waals surface area contributed by atoms with Crippen LogP contribution in [0.3, 0.4) is 0 Å². The molecule has 0 aliphatic heterocycles. The van der Waals surface area contributed by atoms with E-state index in [2.05, 4.69) is 15.3 Å². The van der Waals surface area contributed by atoms with Crippen LogP contribution in [0, 0.1) is 13.8 Å². The number of hydrogen-bond acceptors (Lipinski definition) is 7. The Bertz CT molecular complexity index is 1320. The van der Waals surface area contributed by atoms with Crippen molar-refractivity contribution in [3.63, 3.8) is 0 Å². The number of anilines is 1. The van der Waals surface area contributed by atoms with Crippen LogP contribution >= 0.6 is 22.7 Å². The van der Waals surface area contributed by atoms with Crippen molar-refractivity contribution in [3.05, 3.63) is 50.3 Å². The van der Waals surface area contributed by atoms with E-state index in [9.17, 15) is 14.4 Å². The monoisotopic (exact) mass is 413 g/mol. The van der Waals surface area contributed by atoms with Gasteiger partial charge in [0.2, 0.25) is 5.91 Å². The maximum absolute atomic E-state index is 12.7. The molecule has 142 valence electrons. The molecule has 0 bridgehead atoms. The van der Waals surface area contributed by atoms with Gasteiger partial charge >= 0.3 is 0 Å². The first-order valence-electron chi connectivity index (χ1n) is 8.29. The van der Waals surface area contributed by atoms with Crippen molar-refractivity contribution in [2.24, 2.45) is 5.73 Å². The van der Waals surface area contributed by atoms with Gasteiger partial charge in [0, 0.05) is 5.69 Å². The number of amides is 2. The summed E-state index contributed by atoms with van der Waals surface area (Å²) in [7, 11) is 0. The maximum Gasteiger partial charge on any atom is 0.262 e. The number of nitrogens with zero attached hydrogens (tertiary/aromatic N) is 3. The third-order valence-corrected chi connectivity index (χ3v) is 6.38. The van der Waals surface area contributed by atoms with Crippen LogP contribution in [-0.2, 0) is 11.3 Å². The number of rotatable bonds is 4. The Hall–Kier alpha value is -3.11. The van der Waals surface area contributed by atoms with Crippen LogP contribution < -0.4 is 16.6 Å². The number of primary amides is 1. The Labute approximate surface area is 166 Å². The van der Waals surface area contributed by atoms with Crippen molar-refractivity contribution in [3.8, 4) is 0 Å². The summed E-state index contributed by atoms with van der Waals surface area (Å²) < 4.78 is 2.20. The van der Waals surface area contributed by atoms with Crippen molar-refractivity contribution in [2.75, 3.05) is 5.32 Å². The number of thiophene rings is 1. The lowest BCUT2D eigenvalue weighted by atomic mass is 10.2. The molecule has 0 unspecified atom stereocenters. The van der Waals surface area contributed by atoms with Gasteiger partial charge < -0.3 is 11.1 Å². The van der Waals surface area contributed by atoms with Gasteiger partial charge in [0.15, 0.2) is 0 Å². The van der Waals surface area contributed by atoms with Crippen LogP contribution in [0.15, 0.2) is 29.3 Å². The van der Waals surface area contributed by atoms with Gasteiger partial charge in [-0.05, 0) is 37.6 Å². The minimum atomic E-state index is -0.599. The van der Waals surface area contributed by atoms with Gasteiger partial charge in [-0.1, -0.05) is 0 Å². The molecule has 3 aromatic heterocycles. The second-order valence-corrected chi connectivity index (χ2v) is 8.48. The molecule has 3 heterocycles. The first-order valence-corrected chi connectivity index (χ1v) is 9.92. The van der Waals surface area contributed by atoms with E-state index in [1.54, 1.807) is 24.3 Å². The number of nitrogens with two attached hydrogens (primary N) is 1. The molecule has 0 saturated heterocycles. The Balaban J connectivity index is 1.60. The molecule has 28 heavy (non-hydrogen) atoms. The number of carbonyl (C=O) groups excluding carboxylic acids is 2. The van der Waals surface area contributed by atoms with E-state index in [0.29, 0.717) is 26.3 Å². The molecule has 0 atom stereocenters. The number of aryl methyl sites for hydroxylation is 2. The summed E-state index contributed by atoms with van der Waals surface area (Å²) >= 11 is 2.62. The van der Waals surface area contributed by atoms with Gasteiger partial charge in [0.25, 0.3) is 11.5 Å². The van der Waals surface area contributed by atoms with E-state index in [1.165, 1.54) is 10.9 Å². The molecule has 3 N–H and O–H groups in total. The average Bonchev–Trinajstić information content (AvgIpc) is 3.16. The Morgan fingerprint density at radius 3 is 2.79 bits per heavy atom. The molecule has 0 radical (unpaired) electrons. The number of nitrogens with one attached hydrogen (secondary N) is 1. The van der Waals surface area contributed by atoms with Crippen molar-refractivity contribution >= 4 is 60.6 Å². The quantitative estimate of drug-likeness (QED) is 0.532. The molecule has 0 aliphatic rings. The minimum Gasteiger partial charge on any atom is -0.365 e. The molecule has 0 saturated carbocycles. The summed E-state index contributed by atoms with van der Waals surface area (Å²) in [5, 5.41) is 4.05. The van der Waals surface area contributed by atoms with Gasteiger partial charge in [-0.3, -0.25) is 19.0 Å². The highest BCUT2D eigenvalue weighted by molar-refractivity contribution is 7.20.